The lowest BCUT2D eigenvalue weighted by atomic mass is 10.1. The SMILES string of the molecule is CO[C@H]1C[C@@H](CO)N(C(=O)/C=C(\C)c2ccccc2Cl)C1. The molecule has 1 aliphatic rings. The van der Waals surface area contributed by atoms with E-state index < -0.39 is 0 Å². The summed E-state index contributed by atoms with van der Waals surface area (Å²) in [5.74, 6) is -0.119. The monoisotopic (exact) mass is 309 g/mol. The summed E-state index contributed by atoms with van der Waals surface area (Å²) in [5, 5.41) is 10.0. The number of amides is 1. The Labute approximate surface area is 130 Å². The predicted octanol–water partition coefficient (Wildman–Crippen LogP) is 2.35. The molecule has 21 heavy (non-hydrogen) atoms. The fourth-order valence-electron chi connectivity index (χ4n) is 2.61. The molecule has 1 saturated heterocycles. The lowest BCUT2D eigenvalue weighted by Crippen LogP contribution is -2.37. The second-order valence-corrected chi connectivity index (χ2v) is 5.63. The molecule has 4 nitrogen and oxygen atoms in total. The number of aliphatic hydroxyl groups is 1. The second-order valence-electron chi connectivity index (χ2n) is 5.23. The molecule has 114 valence electrons. The molecule has 0 aliphatic carbocycles. The van der Waals surface area contributed by atoms with Gasteiger partial charge >= 0.3 is 0 Å². The number of aliphatic hydroxyl groups excluding tert-OH is 1. The summed E-state index contributed by atoms with van der Waals surface area (Å²) >= 11 is 6.14. The van der Waals surface area contributed by atoms with E-state index in [0.29, 0.717) is 18.0 Å². The fraction of sp³-hybridized carbons (Fsp3) is 0.438. The highest BCUT2D eigenvalue weighted by atomic mass is 35.5. The summed E-state index contributed by atoms with van der Waals surface area (Å²) in [6.45, 7) is 2.31. The third-order valence-electron chi connectivity index (χ3n) is 3.84. The van der Waals surface area contributed by atoms with E-state index in [4.69, 9.17) is 16.3 Å². The summed E-state index contributed by atoms with van der Waals surface area (Å²) in [4.78, 5) is 14.1. The third kappa shape index (κ3) is 3.64. The quantitative estimate of drug-likeness (QED) is 0.869. The van der Waals surface area contributed by atoms with E-state index in [9.17, 15) is 9.90 Å². The Balaban J connectivity index is 2.16. The van der Waals surface area contributed by atoms with E-state index in [1.54, 1.807) is 24.2 Å². The topological polar surface area (TPSA) is 49.8 Å². The zero-order chi connectivity index (χ0) is 15.4. The van der Waals surface area contributed by atoms with Crippen LogP contribution in [0.3, 0.4) is 0 Å². The van der Waals surface area contributed by atoms with Gasteiger partial charge in [-0.25, -0.2) is 0 Å². The first-order valence-corrected chi connectivity index (χ1v) is 7.32. The van der Waals surface area contributed by atoms with Crippen molar-refractivity contribution in [2.75, 3.05) is 20.3 Å². The number of hydrogen-bond acceptors (Lipinski definition) is 3. The van der Waals surface area contributed by atoms with Crippen molar-refractivity contribution >= 4 is 23.1 Å². The molecule has 0 radical (unpaired) electrons. The molecule has 1 N–H and O–H groups in total. The number of hydrogen-bond donors (Lipinski definition) is 1. The number of carbonyl (C=O) groups excluding carboxylic acids is 1. The Morgan fingerprint density at radius 3 is 2.86 bits per heavy atom. The van der Waals surface area contributed by atoms with Gasteiger partial charge in [0.15, 0.2) is 0 Å². The van der Waals surface area contributed by atoms with Crippen LogP contribution in [0.5, 0.6) is 0 Å². The molecule has 2 rings (SSSR count). The molecule has 1 amide bonds. The van der Waals surface area contributed by atoms with Crippen LogP contribution < -0.4 is 0 Å². The van der Waals surface area contributed by atoms with Crippen LogP contribution in [-0.4, -0.2) is 48.3 Å². The van der Waals surface area contributed by atoms with Crippen molar-refractivity contribution < 1.29 is 14.6 Å². The Bertz CT molecular complexity index is 544. The molecule has 1 fully saturated rings. The Hall–Kier alpha value is -1.36. The largest absolute Gasteiger partial charge is 0.394 e. The first kappa shape index (κ1) is 16.0. The standard InChI is InChI=1S/C16H20ClNO3/c1-11(14-5-3-4-6-15(14)17)7-16(20)18-9-13(21-2)8-12(18)10-19/h3-7,12-13,19H,8-10H2,1-2H3/b11-7+/t12-,13-/m0/s1. The zero-order valence-electron chi connectivity index (χ0n) is 12.3. The Morgan fingerprint density at radius 2 is 2.24 bits per heavy atom. The lowest BCUT2D eigenvalue weighted by molar-refractivity contribution is -0.127. The molecule has 2 atom stereocenters. The van der Waals surface area contributed by atoms with Crippen molar-refractivity contribution in [1.82, 2.24) is 4.90 Å². The molecule has 5 heteroatoms. The average Bonchev–Trinajstić information content (AvgIpc) is 2.91. The van der Waals surface area contributed by atoms with Gasteiger partial charge in [0.25, 0.3) is 0 Å². The number of likely N-dealkylation sites (tertiary alicyclic amines) is 1. The molecule has 0 unspecified atom stereocenters. The Morgan fingerprint density at radius 1 is 1.52 bits per heavy atom. The highest BCUT2D eigenvalue weighted by molar-refractivity contribution is 6.32. The first-order valence-electron chi connectivity index (χ1n) is 6.94. The maximum absolute atomic E-state index is 12.4. The number of allylic oxidation sites excluding steroid dienone is 1. The minimum absolute atomic E-state index is 0.0138. The summed E-state index contributed by atoms with van der Waals surface area (Å²) < 4.78 is 5.29. The number of benzene rings is 1. The molecule has 0 spiro atoms. The number of rotatable bonds is 4. The van der Waals surface area contributed by atoms with Gasteiger partial charge in [0.1, 0.15) is 0 Å². The van der Waals surface area contributed by atoms with Crippen LogP contribution in [0.2, 0.25) is 5.02 Å². The van der Waals surface area contributed by atoms with Gasteiger partial charge < -0.3 is 14.7 Å². The number of methoxy groups -OCH3 is 1. The fourth-order valence-corrected chi connectivity index (χ4v) is 2.90. The average molecular weight is 310 g/mol. The van der Waals surface area contributed by atoms with E-state index in [2.05, 4.69) is 0 Å². The van der Waals surface area contributed by atoms with Gasteiger partial charge in [0.2, 0.25) is 5.91 Å². The molecular formula is C16H20ClNO3. The van der Waals surface area contributed by atoms with Gasteiger partial charge in [0.05, 0.1) is 18.8 Å². The Kier molecular flexibility index (Phi) is 5.39. The van der Waals surface area contributed by atoms with Gasteiger partial charge in [-0.05, 0) is 30.5 Å². The van der Waals surface area contributed by atoms with E-state index >= 15 is 0 Å². The van der Waals surface area contributed by atoms with E-state index in [-0.39, 0.29) is 24.7 Å². The molecule has 0 bridgehead atoms. The van der Waals surface area contributed by atoms with Gasteiger partial charge in [-0.15, -0.1) is 0 Å². The molecule has 1 aromatic rings. The summed E-state index contributed by atoms with van der Waals surface area (Å²) in [6.07, 6.45) is 2.22. The molecule has 0 aromatic heterocycles. The van der Waals surface area contributed by atoms with E-state index in [1.165, 1.54) is 0 Å². The minimum Gasteiger partial charge on any atom is -0.394 e. The molecule has 1 aromatic carbocycles. The highest BCUT2D eigenvalue weighted by Gasteiger charge is 2.34. The van der Waals surface area contributed by atoms with Gasteiger partial charge in [-0.1, -0.05) is 29.8 Å². The van der Waals surface area contributed by atoms with Crippen LogP contribution in [-0.2, 0) is 9.53 Å². The lowest BCUT2D eigenvalue weighted by Gasteiger charge is -2.21. The zero-order valence-corrected chi connectivity index (χ0v) is 13.0. The third-order valence-corrected chi connectivity index (χ3v) is 4.17. The van der Waals surface area contributed by atoms with Crippen molar-refractivity contribution in [3.63, 3.8) is 0 Å². The van der Waals surface area contributed by atoms with Crippen LogP contribution in [0.4, 0.5) is 0 Å². The summed E-state index contributed by atoms with van der Waals surface area (Å²) in [7, 11) is 1.62. The van der Waals surface area contributed by atoms with Crippen LogP contribution in [0.1, 0.15) is 18.9 Å². The molecule has 1 aliphatic heterocycles. The second kappa shape index (κ2) is 7.07. The number of ether oxygens (including phenoxy) is 1. The normalized spacial score (nSPS) is 22.7. The van der Waals surface area contributed by atoms with Crippen molar-refractivity contribution in [3.05, 3.63) is 40.9 Å². The number of nitrogens with zero attached hydrogens (tertiary/aromatic N) is 1. The summed E-state index contributed by atoms with van der Waals surface area (Å²) in [5.41, 5.74) is 1.65. The van der Waals surface area contributed by atoms with Gasteiger partial charge in [-0.3, -0.25) is 4.79 Å². The number of halogens is 1. The van der Waals surface area contributed by atoms with Gasteiger partial charge in [-0.2, -0.15) is 0 Å². The molecule has 1 heterocycles. The summed E-state index contributed by atoms with van der Waals surface area (Å²) in [6, 6.07) is 7.24. The maximum Gasteiger partial charge on any atom is 0.247 e. The van der Waals surface area contributed by atoms with Crippen molar-refractivity contribution in [2.45, 2.75) is 25.5 Å². The first-order chi connectivity index (χ1) is 10.1. The maximum atomic E-state index is 12.4. The molecule has 0 saturated carbocycles. The van der Waals surface area contributed by atoms with Crippen LogP contribution >= 0.6 is 11.6 Å². The van der Waals surface area contributed by atoms with E-state index in [1.807, 2.05) is 25.1 Å². The van der Waals surface area contributed by atoms with Crippen LogP contribution in [0.15, 0.2) is 30.3 Å². The van der Waals surface area contributed by atoms with Crippen LogP contribution in [0, 0.1) is 0 Å². The van der Waals surface area contributed by atoms with Crippen molar-refractivity contribution in [3.8, 4) is 0 Å². The van der Waals surface area contributed by atoms with Crippen LogP contribution in [0.25, 0.3) is 5.57 Å². The van der Waals surface area contributed by atoms with Crippen molar-refractivity contribution in [2.24, 2.45) is 0 Å². The van der Waals surface area contributed by atoms with E-state index in [0.717, 1.165) is 11.1 Å². The smallest absolute Gasteiger partial charge is 0.247 e. The minimum atomic E-state index is -0.183. The predicted molar refractivity (Wildman–Crippen MR) is 83.1 cm³/mol. The molecular weight excluding hydrogens is 290 g/mol. The van der Waals surface area contributed by atoms with Gasteiger partial charge in [0, 0.05) is 24.8 Å². The van der Waals surface area contributed by atoms with Crippen molar-refractivity contribution in [1.29, 1.82) is 0 Å². The highest BCUT2D eigenvalue weighted by Crippen LogP contribution is 2.25. The number of carbonyl (C=O) groups is 1.